The molecule has 2 N–H and O–H groups in total. The second kappa shape index (κ2) is 11.9. The molecule has 3 aromatic rings. The Morgan fingerprint density at radius 2 is 1.26 bits per heavy atom. The van der Waals surface area contributed by atoms with Crippen molar-refractivity contribution in [3.8, 4) is 0 Å². The van der Waals surface area contributed by atoms with Crippen molar-refractivity contribution in [1.82, 2.24) is 0 Å². The Bertz CT molecular complexity index is 1370. The Labute approximate surface area is 220 Å². The number of nitro groups is 1. The van der Waals surface area contributed by atoms with E-state index >= 15 is 0 Å². The largest absolute Gasteiger partial charge is 0.322 e. The summed E-state index contributed by atoms with van der Waals surface area (Å²) in [5.74, 6) is -1.15. The summed E-state index contributed by atoms with van der Waals surface area (Å²) in [5, 5.41) is 18.0. The highest BCUT2D eigenvalue weighted by Crippen LogP contribution is 2.28. The van der Waals surface area contributed by atoms with Crippen LogP contribution in [0.25, 0.3) is 12.2 Å². The molecule has 0 saturated carbocycles. The molecule has 0 heterocycles. The van der Waals surface area contributed by atoms with Gasteiger partial charge < -0.3 is 10.6 Å². The molecule has 3 rings (SSSR count). The van der Waals surface area contributed by atoms with E-state index in [1.54, 1.807) is 30.3 Å². The van der Waals surface area contributed by atoms with Gasteiger partial charge in [0.25, 0.3) is 5.69 Å². The number of nitrogens with zero attached hydrogens (tertiary/aromatic N) is 1. The summed E-state index contributed by atoms with van der Waals surface area (Å²) >= 11 is 23.9. The first-order valence-corrected chi connectivity index (χ1v) is 11.3. The molecular weight excluding hydrogens is 536 g/mol. The van der Waals surface area contributed by atoms with Gasteiger partial charge in [-0.3, -0.25) is 19.7 Å². The lowest BCUT2D eigenvalue weighted by Crippen LogP contribution is -2.12. The number of hydrogen-bond acceptors (Lipinski definition) is 4. The van der Waals surface area contributed by atoms with E-state index in [0.29, 0.717) is 31.2 Å². The van der Waals surface area contributed by atoms with E-state index in [1.807, 2.05) is 0 Å². The summed E-state index contributed by atoms with van der Waals surface area (Å²) in [4.78, 5) is 35.4. The molecule has 0 aliphatic rings. The van der Waals surface area contributed by atoms with Crippen LogP contribution in [0, 0.1) is 10.1 Å². The van der Waals surface area contributed by atoms with E-state index < -0.39 is 16.7 Å². The Morgan fingerprint density at radius 1 is 0.743 bits per heavy atom. The highest BCUT2D eigenvalue weighted by molar-refractivity contribution is 6.36. The molecule has 3 aromatic carbocycles. The van der Waals surface area contributed by atoms with E-state index in [1.165, 1.54) is 48.6 Å². The quantitative estimate of drug-likeness (QED) is 0.180. The molecule has 0 spiro atoms. The lowest BCUT2D eigenvalue weighted by molar-refractivity contribution is -0.383. The average molecular weight is 551 g/mol. The van der Waals surface area contributed by atoms with Crippen molar-refractivity contribution in [3.63, 3.8) is 0 Å². The molecule has 0 unspecified atom stereocenters. The van der Waals surface area contributed by atoms with Gasteiger partial charge in [0.2, 0.25) is 11.8 Å². The van der Waals surface area contributed by atoms with E-state index in [4.69, 9.17) is 46.4 Å². The lowest BCUT2D eigenvalue weighted by Gasteiger charge is -2.08. The fourth-order valence-electron chi connectivity index (χ4n) is 2.84. The number of benzene rings is 3. The summed E-state index contributed by atoms with van der Waals surface area (Å²) in [7, 11) is 0. The van der Waals surface area contributed by atoms with Gasteiger partial charge in [-0.2, -0.15) is 0 Å². The van der Waals surface area contributed by atoms with Gasteiger partial charge in [-0.15, -0.1) is 0 Å². The molecule has 11 heteroatoms. The lowest BCUT2D eigenvalue weighted by atomic mass is 10.2. The van der Waals surface area contributed by atoms with Crippen molar-refractivity contribution >= 4 is 87.4 Å². The van der Waals surface area contributed by atoms with Crippen molar-refractivity contribution < 1.29 is 14.5 Å². The van der Waals surface area contributed by atoms with E-state index in [2.05, 4.69) is 10.6 Å². The number of halogens is 4. The number of amides is 2. The number of hydrogen-bond donors (Lipinski definition) is 2. The van der Waals surface area contributed by atoms with Crippen LogP contribution in [0.15, 0.2) is 66.7 Å². The zero-order valence-electron chi connectivity index (χ0n) is 17.6. The smallest absolute Gasteiger partial charge is 0.292 e. The number of nitro benzene ring substituents is 1. The molecule has 2 amide bonds. The van der Waals surface area contributed by atoms with E-state index in [0.717, 1.165) is 0 Å². The monoisotopic (exact) mass is 549 g/mol. The molecule has 0 radical (unpaired) electrons. The van der Waals surface area contributed by atoms with Crippen molar-refractivity contribution in [1.29, 1.82) is 0 Å². The maximum Gasteiger partial charge on any atom is 0.292 e. The topological polar surface area (TPSA) is 101 Å². The fourth-order valence-corrected chi connectivity index (χ4v) is 3.78. The van der Waals surface area contributed by atoms with Crippen molar-refractivity contribution in [2.24, 2.45) is 0 Å². The van der Waals surface area contributed by atoms with Gasteiger partial charge in [-0.05, 0) is 59.7 Å². The van der Waals surface area contributed by atoms with Crippen molar-refractivity contribution in [2.75, 3.05) is 10.6 Å². The van der Waals surface area contributed by atoms with Gasteiger partial charge in [-0.1, -0.05) is 58.5 Å². The second-order valence-corrected chi connectivity index (χ2v) is 8.65. The summed E-state index contributed by atoms with van der Waals surface area (Å²) in [6, 6.07) is 13.4. The fraction of sp³-hybridized carbons (Fsp3) is 0. The highest BCUT2D eigenvalue weighted by atomic mass is 35.5. The molecule has 0 aromatic heterocycles. The minimum atomic E-state index is -0.649. The number of carbonyl (C=O) groups excluding carboxylic acids is 2. The predicted molar refractivity (Wildman–Crippen MR) is 141 cm³/mol. The number of anilines is 2. The van der Waals surface area contributed by atoms with Gasteiger partial charge >= 0.3 is 0 Å². The maximum absolute atomic E-state index is 12.4. The first-order valence-electron chi connectivity index (χ1n) is 9.79. The Morgan fingerprint density at radius 3 is 1.74 bits per heavy atom. The van der Waals surface area contributed by atoms with Crippen molar-refractivity contribution in [3.05, 3.63) is 108 Å². The van der Waals surface area contributed by atoms with E-state index in [-0.39, 0.29) is 17.1 Å². The molecule has 178 valence electrons. The first kappa shape index (κ1) is 26.2. The summed E-state index contributed by atoms with van der Waals surface area (Å²) in [5.41, 5.74) is 0.893. The molecule has 0 aliphatic heterocycles. The van der Waals surface area contributed by atoms with Crippen LogP contribution < -0.4 is 10.6 Å². The number of rotatable bonds is 7. The predicted octanol–water partition coefficient (Wildman–Crippen LogP) is 7.51. The standard InChI is InChI=1S/C24H15Cl4N3O4/c25-16-5-1-14(19(27)11-16)3-9-23(32)29-18-7-8-22(31(34)35)21(13-18)30-24(33)10-4-15-2-6-17(26)12-20(15)28/h1-13H,(H,29,32)(H,30,33). The van der Waals surface area contributed by atoms with Gasteiger partial charge in [-0.25, -0.2) is 0 Å². The van der Waals surface area contributed by atoms with E-state index in [9.17, 15) is 19.7 Å². The van der Waals surface area contributed by atoms with Crippen molar-refractivity contribution in [2.45, 2.75) is 0 Å². The molecule has 35 heavy (non-hydrogen) atoms. The Kier molecular flexibility index (Phi) is 8.89. The SMILES string of the molecule is O=C(C=Cc1ccc(Cl)cc1Cl)Nc1ccc([N+](=O)[O-])c(NC(=O)C=Cc2ccc(Cl)cc2Cl)c1. The summed E-state index contributed by atoms with van der Waals surface area (Å²) in [6.45, 7) is 0. The van der Waals surface area contributed by atoms with Crippen LogP contribution in [-0.2, 0) is 9.59 Å². The minimum Gasteiger partial charge on any atom is -0.322 e. The molecule has 0 fully saturated rings. The zero-order valence-corrected chi connectivity index (χ0v) is 20.6. The van der Waals surface area contributed by atoms with Gasteiger partial charge in [0.15, 0.2) is 0 Å². The van der Waals surface area contributed by atoms with Crippen LogP contribution in [-0.4, -0.2) is 16.7 Å². The third-order valence-electron chi connectivity index (χ3n) is 4.47. The Hall–Kier alpha value is -3.36. The number of nitrogens with one attached hydrogen (secondary N) is 2. The van der Waals surface area contributed by atoms with Gasteiger partial charge in [0, 0.05) is 44.0 Å². The minimum absolute atomic E-state index is 0.102. The average Bonchev–Trinajstić information content (AvgIpc) is 2.78. The van der Waals surface area contributed by atoms with Crippen LogP contribution in [0.2, 0.25) is 20.1 Å². The van der Waals surface area contributed by atoms with Crippen LogP contribution in [0.1, 0.15) is 11.1 Å². The highest BCUT2D eigenvalue weighted by Gasteiger charge is 2.16. The molecule has 7 nitrogen and oxygen atoms in total. The third-order valence-corrected chi connectivity index (χ3v) is 5.60. The molecule has 0 saturated heterocycles. The summed E-state index contributed by atoms with van der Waals surface area (Å²) < 4.78 is 0. The Balaban J connectivity index is 1.74. The number of carbonyl (C=O) groups is 2. The molecule has 0 aliphatic carbocycles. The van der Waals surface area contributed by atoms with Gasteiger partial charge in [0.1, 0.15) is 5.69 Å². The second-order valence-electron chi connectivity index (χ2n) is 6.97. The van der Waals surface area contributed by atoms with Crippen LogP contribution >= 0.6 is 46.4 Å². The maximum atomic E-state index is 12.4. The zero-order chi connectivity index (χ0) is 25.5. The van der Waals surface area contributed by atoms with Crippen LogP contribution in [0.5, 0.6) is 0 Å². The molecule has 0 bridgehead atoms. The summed E-state index contributed by atoms with van der Waals surface area (Å²) in [6.07, 6.45) is 5.35. The molecule has 0 atom stereocenters. The third kappa shape index (κ3) is 7.56. The van der Waals surface area contributed by atoms with Crippen LogP contribution in [0.4, 0.5) is 17.1 Å². The van der Waals surface area contributed by atoms with Crippen LogP contribution in [0.3, 0.4) is 0 Å². The molecular formula is C24H15Cl4N3O4. The normalized spacial score (nSPS) is 11.1. The first-order chi connectivity index (χ1) is 16.6. The van der Waals surface area contributed by atoms with Gasteiger partial charge in [0.05, 0.1) is 4.92 Å².